The van der Waals surface area contributed by atoms with E-state index in [0.717, 1.165) is 5.69 Å². The number of halogens is 1. The van der Waals surface area contributed by atoms with Crippen molar-refractivity contribution in [2.45, 2.75) is 32.7 Å². The van der Waals surface area contributed by atoms with Crippen molar-refractivity contribution in [2.24, 2.45) is 5.41 Å². The van der Waals surface area contributed by atoms with E-state index in [0.29, 0.717) is 22.0 Å². The summed E-state index contributed by atoms with van der Waals surface area (Å²) < 4.78 is 0. The molecule has 1 amide bonds. The fraction of sp³-hybridized carbons (Fsp3) is 0.533. The van der Waals surface area contributed by atoms with E-state index < -0.39 is 0 Å². The van der Waals surface area contributed by atoms with Crippen molar-refractivity contribution in [3.8, 4) is 0 Å². The Labute approximate surface area is 119 Å². The Balaban J connectivity index is 2.27. The first kappa shape index (κ1) is 14.2. The zero-order valence-corrected chi connectivity index (χ0v) is 12.7. The summed E-state index contributed by atoms with van der Waals surface area (Å²) in [4.78, 5) is 13.7. The third-order valence-electron chi connectivity index (χ3n) is 4.07. The summed E-state index contributed by atoms with van der Waals surface area (Å²) in [7, 11) is 3.51. The fourth-order valence-corrected chi connectivity index (χ4v) is 2.27. The Bertz CT molecular complexity index is 495. The van der Waals surface area contributed by atoms with E-state index in [1.165, 1.54) is 12.8 Å². The van der Waals surface area contributed by atoms with Crippen LogP contribution in [0, 0.1) is 5.41 Å². The summed E-state index contributed by atoms with van der Waals surface area (Å²) in [6.07, 6.45) is 2.47. The number of anilines is 1. The van der Waals surface area contributed by atoms with Crippen LogP contribution in [-0.2, 0) is 0 Å². The van der Waals surface area contributed by atoms with Gasteiger partial charge in [-0.25, -0.2) is 0 Å². The molecule has 1 aliphatic carbocycles. The maximum absolute atomic E-state index is 12.2. The van der Waals surface area contributed by atoms with Crippen molar-refractivity contribution in [3.63, 3.8) is 0 Å². The summed E-state index contributed by atoms with van der Waals surface area (Å²) in [6, 6.07) is 5.71. The second-order valence-corrected chi connectivity index (χ2v) is 6.35. The van der Waals surface area contributed by atoms with Crippen LogP contribution in [0.25, 0.3) is 0 Å². The van der Waals surface area contributed by atoms with Gasteiger partial charge in [0.15, 0.2) is 0 Å². The molecule has 1 unspecified atom stereocenters. The molecule has 1 atom stereocenters. The van der Waals surface area contributed by atoms with E-state index in [2.05, 4.69) is 19.2 Å². The lowest BCUT2D eigenvalue weighted by molar-refractivity contribution is 0.0828. The molecule has 0 heterocycles. The molecule has 104 valence electrons. The molecule has 1 aliphatic rings. The van der Waals surface area contributed by atoms with Crippen LogP contribution in [0.2, 0.25) is 5.02 Å². The number of nitrogens with one attached hydrogen (secondary N) is 1. The highest BCUT2D eigenvalue weighted by molar-refractivity contribution is 6.31. The minimum absolute atomic E-state index is 0.00711. The van der Waals surface area contributed by atoms with Crippen molar-refractivity contribution >= 4 is 23.2 Å². The number of carbonyl (C=O) groups is 1. The Hall–Kier alpha value is -1.22. The van der Waals surface area contributed by atoms with Crippen molar-refractivity contribution in [1.82, 2.24) is 4.90 Å². The maximum atomic E-state index is 12.2. The van der Waals surface area contributed by atoms with Gasteiger partial charge in [-0.3, -0.25) is 4.79 Å². The van der Waals surface area contributed by atoms with Gasteiger partial charge >= 0.3 is 0 Å². The second-order valence-electron chi connectivity index (χ2n) is 5.91. The minimum atomic E-state index is -0.00711. The quantitative estimate of drug-likeness (QED) is 0.913. The first-order valence-electron chi connectivity index (χ1n) is 6.61. The van der Waals surface area contributed by atoms with Crippen LogP contribution < -0.4 is 5.32 Å². The van der Waals surface area contributed by atoms with Crippen LogP contribution in [0.15, 0.2) is 18.2 Å². The molecule has 4 heteroatoms. The first-order valence-corrected chi connectivity index (χ1v) is 6.99. The molecule has 1 saturated carbocycles. The Morgan fingerprint density at radius 2 is 2.05 bits per heavy atom. The second kappa shape index (κ2) is 5.04. The third-order valence-corrected chi connectivity index (χ3v) is 4.31. The van der Waals surface area contributed by atoms with Crippen LogP contribution in [0.5, 0.6) is 0 Å². The fourth-order valence-electron chi connectivity index (χ4n) is 2.10. The van der Waals surface area contributed by atoms with Gasteiger partial charge in [-0.1, -0.05) is 18.5 Å². The monoisotopic (exact) mass is 280 g/mol. The van der Waals surface area contributed by atoms with E-state index in [1.54, 1.807) is 31.1 Å². The molecule has 19 heavy (non-hydrogen) atoms. The predicted octanol–water partition coefficient (Wildman–Crippen LogP) is 3.64. The molecule has 2 rings (SSSR count). The molecule has 1 aromatic rings. The average molecular weight is 281 g/mol. The molecule has 0 bridgehead atoms. The Morgan fingerprint density at radius 1 is 1.42 bits per heavy atom. The summed E-state index contributed by atoms with van der Waals surface area (Å²) in [5.41, 5.74) is 1.85. The topological polar surface area (TPSA) is 32.3 Å². The number of nitrogens with zero attached hydrogens (tertiary/aromatic N) is 1. The van der Waals surface area contributed by atoms with Gasteiger partial charge in [-0.2, -0.15) is 0 Å². The summed E-state index contributed by atoms with van der Waals surface area (Å²) >= 11 is 6.05. The SMILES string of the molecule is CC(Nc1cc(Cl)ccc1C(=O)N(C)C)C1(C)CC1. The first-order chi connectivity index (χ1) is 8.83. The number of rotatable bonds is 4. The molecule has 3 nitrogen and oxygen atoms in total. The van der Waals surface area contributed by atoms with Gasteiger partial charge in [0, 0.05) is 30.8 Å². The molecule has 0 spiro atoms. The van der Waals surface area contributed by atoms with Gasteiger partial charge in [0.05, 0.1) is 5.56 Å². The van der Waals surface area contributed by atoms with Crippen molar-refractivity contribution in [3.05, 3.63) is 28.8 Å². The summed E-state index contributed by atoms with van der Waals surface area (Å²) in [5, 5.41) is 4.10. The van der Waals surface area contributed by atoms with Gasteiger partial charge in [0.25, 0.3) is 5.91 Å². The van der Waals surface area contributed by atoms with Crippen molar-refractivity contribution in [2.75, 3.05) is 19.4 Å². The number of hydrogen-bond acceptors (Lipinski definition) is 2. The van der Waals surface area contributed by atoms with Crippen molar-refractivity contribution in [1.29, 1.82) is 0 Å². The highest BCUT2D eigenvalue weighted by Gasteiger charge is 2.42. The Morgan fingerprint density at radius 3 is 2.58 bits per heavy atom. The van der Waals surface area contributed by atoms with E-state index in [9.17, 15) is 4.79 Å². The largest absolute Gasteiger partial charge is 0.381 e. The lowest BCUT2D eigenvalue weighted by Crippen LogP contribution is -2.28. The van der Waals surface area contributed by atoms with Gasteiger partial charge in [-0.05, 0) is 43.4 Å². The smallest absolute Gasteiger partial charge is 0.255 e. The molecule has 1 aromatic carbocycles. The predicted molar refractivity (Wildman–Crippen MR) is 79.9 cm³/mol. The maximum Gasteiger partial charge on any atom is 0.255 e. The normalized spacial score (nSPS) is 17.7. The molecule has 1 N–H and O–H groups in total. The highest BCUT2D eigenvalue weighted by atomic mass is 35.5. The number of carbonyl (C=O) groups excluding carboxylic acids is 1. The van der Waals surface area contributed by atoms with Crippen LogP contribution in [0.1, 0.15) is 37.0 Å². The number of hydrogen-bond donors (Lipinski definition) is 1. The third kappa shape index (κ3) is 3.03. The molecule has 0 aliphatic heterocycles. The van der Waals surface area contributed by atoms with Gasteiger partial charge < -0.3 is 10.2 Å². The van der Waals surface area contributed by atoms with Crippen molar-refractivity contribution < 1.29 is 4.79 Å². The summed E-state index contributed by atoms with van der Waals surface area (Å²) in [6.45, 7) is 4.43. The average Bonchev–Trinajstić information content (AvgIpc) is 3.08. The molecule has 1 fully saturated rings. The lowest BCUT2D eigenvalue weighted by atomic mass is 10.00. The standard InChI is InChI=1S/C15H21ClN2O/c1-10(15(2)7-8-15)17-13-9-11(16)5-6-12(13)14(19)18(3)4/h5-6,9-10,17H,7-8H2,1-4H3. The van der Waals surface area contributed by atoms with Gasteiger partial charge in [0.1, 0.15) is 0 Å². The van der Waals surface area contributed by atoms with E-state index in [1.807, 2.05) is 6.07 Å². The van der Waals surface area contributed by atoms with Crippen LogP contribution in [0.3, 0.4) is 0 Å². The Kier molecular flexibility index (Phi) is 3.77. The molecular formula is C15H21ClN2O. The highest BCUT2D eigenvalue weighted by Crippen LogP contribution is 2.49. The van der Waals surface area contributed by atoms with E-state index in [-0.39, 0.29) is 5.91 Å². The van der Waals surface area contributed by atoms with Crippen LogP contribution in [-0.4, -0.2) is 30.9 Å². The molecule has 0 saturated heterocycles. The van der Waals surface area contributed by atoms with Crippen LogP contribution >= 0.6 is 11.6 Å². The number of benzene rings is 1. The molecule has 0 aromatic heterocycles. The lowest BCUT2D eigenvalue weighted by Gasteiger charge is -2.24. The van der Waals surface area contributed by atoms with E-state index in [4.69, 9.17) is 11.6 Å². The minimum Gasteiger partial charge on any atom is -0.381 e. The van der Waals surface area contributed by atoms with Gasteiger partial charge in [0.2, 0.25) is 0 Å². The zero-order chi connectivity index (χ0) is 14.2. The molecule has 0 radical (unpaired) electrons. The molecular weight excluding hydrogens is 260 g/mol. The van der Waals surface area contributed by atoms with Crippen LogP contribution in [0.4, 0.5) is 5.69 Å². The van der Waals surface area contributed by atoms with Gasteiger partial charge in [-0.15, -0.1) is 0 Å². The van der Waals surface area contributed by atoms with E-state index >= 15 is 0 Å². The zero-order valence-electron chi connectivity index (χ0n) is 12.0. The summed E-state index contributed by atoms with van der Waals surface area (Å²) in [5.74, 6) is -0.00711. The number of amides is 1.